The number of amides is 1. The van der Waals surface area contributed by atoms with Gasteiger partial charge >= 0.3 is 0 Å². The van der Waals surface area contributed by atoms with Crippen LogP contribution in [0.5, 0.6) is 11.5 Å². The van der Waals surface area contributed by atoms with Crippen molar-refractivity contribution in [1.29, 1.82) is 0 Å². The van der Waals surface area contributed by atoms with Crippen molar-refractivity contribution in [1.82, 2.24) is 0 Å². The number of ether oxygens (including phenoxy) is 2. The van der Waals surface area contributed by atoms with Crippen LogP contribution in [0.1, 0.15) is 29.8 Å². The van der Waals surface area contributed by atoms with E-state index < -0.39 is 6.10 Å². The maximum absolute atomic E-state index is 12.4. The molecule has 0 aliphatic heterocycles. The molecule has 0 saturated carbocycles. The molecule has 3 aromatic carbocycles. The van der Waals surface area contributed by atoms with Gasteiger partial charge in [-0.1, -0.05) is 30.3 Å². The molecule has 1 atom stereocenters. The van der Waals surface area contributed by atoms with Crippen LogP contribution in [0, 0.1) is 0 Å². The van der Waals surface area contributed by atoms with Crippen molar-refractivity contribution in [2.45, 2.75) is 26.6 Å². The van der Waals surface area contributed by atoms with Gasteiger partial charge in [0.1, 0.15) is 18.1 Å². The Morgan fingerprint density at radius 2 is 1.48 bits per heavy atom. The monoisotopic (exact) mass is 389 g/mol. The first kappa shape index (κ1) is 20.1. The summed E-state index contributed by atoms with van der Waals surface area (Å²) in [7, 11) is 0. The first-order valence-corrected chi connectivity index (χ1v) is 9.36. The lowest BCUT2D eigenvalue weighted by molar-refractivity contribution is -0.122. The number of ketones is 1. The fourth-order valence-electron chi connectivity index (χ4n) is 2.65. The predicted molar refractivity (Wildman–Crippen MR) is 112 cm³/mol. The third-order valence-corrected chi connectivity index (χ3v) is 4.31. The molecule has 3 aromatic rings. The normalized spacial score (nSPS) is 11.4. The Bertz CT molecular complexity index is 950. The number of hydrogen-bond donors (Lipinski definition) is 1. The Hall–Kier alpha value is -3.60. The Kier molecular flexibility index (Phi) is 6.63. The van der Waals surface area contributed by atoms with E-state index >= 15 is 0 Å². The second-order valence-electron chi connectivity index (χ2n) is 6.63. The van der Waals surface area contributed by atoms with Gasteiger partial charge in [0.05, 0.1) is 0 Å². The summed E-state index contributed by atoms with van der Waals surface area (Å²) >= 11 is 0. The Balaban J connectivity index is 1.51. The third kappa shape index (κ3) is 5.94. The summed E-state index contributed by atoms with van der Waals surface area (Å²) in [6.07, 6.45) is -0.688. The van der Waals surface area contributed by atoms with Gasteiger partial charge in [-0.2, -0.15) is 0 Å². The highest BCUT2D eigenvalue weighted by Crippen LogP contribution is 2.18. The van der Waals surface area contributed by atoms with Crippen LogP contribution in [0.2, 0.25) is 0 Å². The molecule has 0 aliphatic carbocycles. The molecule has 0 saturated heterocycles. The summed E-state index contributed by atoms with van der Waals surface area (Å²) in [4.78, 5) is 23.7. The first-order valence-electron chi connectivity index (χ1n) is 9.36. The van der Waals surface area contributed by atoms with Crippen LogP contribution in [0.4, 0.5) is 5.69 Å². The zero-order chi connectivity index (χ0) is 20.6. The highest BCUT2D eigenvalue weighted by molar-refractivity contribution is 5.95. The van der Waals surface area contributed by atoms with Gasteiger partial charge in [0.2, 0.25) is 0 Å². The number of rotatable bonds is 8. The zero-order valence-corrected chi connectivity index (χ0v) is 16.4. The number of anilines is 1. The number of carbonyl (C=O) groups is 2. The lowest BCUT2D eigenvalue weighted by Crippen LogP contribution is -2.30. The summed E-state index contributed by atoms with van der Waals surface area (Å²) < 4.78 is 11.4. The van der Waals surface area contributed by atoms with Crippen molar-refractivity contribution in [2.24, 2.45) is 0 Å². The number of benzene rings is 3. The zero-order valence-electron chi connectivity index (χ0n) is 16.4. The van der Waals surface area contributed by atoms with E-state index in [2.05, 4.69) is 5.32 Å². The minimum Gasteiger partial charge on any atom is -0.489 e. The van der Waals surface area contributed by atoms with Gasteiger partial charge in [0, 0.05) is 11.3 Å². The maximum Gasteiger partial charge on any atom is 0.265 e. The molecule has 1 N–H and O–H groups in total. The minimum absolute atomic E-state index is 0.0152. The van der Waals surface area contributed by atoms with Gasteiger partial charge in [0.25, 0.3) is 5.91 Å². The SMILES string of the molecule is CC(=O)c1ccc(O[C@@H](C)C(=O)Nc2ccc(OCc3ccccc3)cc2)cc1. The smallest absolute Gasteiger partial charge is 0.265 e. The summed E-state index contributed by atoms with van der Waals surface area (Å²) in [6, 6.07) is 23.8. The standard InChI is InChI=1S/C24H23NO4/c1-17(26)20-8-12-23(13-9-20)29-18(2)24(27)25-21-10-14-22(15-11-21)28-16-19-6-4-3-5-7-19/h3-15,18H,16H2,1-2H3,(H,25,27)/t18-/m0/s1. The number of Topliss-reactive ketones (excluding diaryl/α,β-unsaturated/α-hetero) is 1. The van der Waals surface area contributed by atoms with Gasteiger partial charge in [-0.15, -0.1) is 0 Å². The van der Waals surface area contributed by atoms with E-state index in [1.54, 1.807) is 43.3 Å². The molecule has 0 aliphatic rings. The van der Waals surface area contributed by atoms with Crippen LogP contribution in [0.3, 0.4) is 0 Å². The summed E-state index contributed by atoms with van der Waals surface area (Å²) in [6.45, 7) is 3.66. The molecule has 0 fully saturated rings. The van der Waals surface area contributed by atoms with Gasteiger partial charge in [-0.3, -0.25) is 9.59 Å². The fraction of sp³-hybridized carbons (Fsp3) is 0.167. The lowest BCUT2D eigenvalue weighted by Gasteiger charge is -2.15. The van der Waals surface area contributed by atoms with Crippen LogP contribution in [0.25, 0.3) is 0 Å². The van der Waals surface area contributed by atoms with Gasteiger partial charge in [-0.25, -0.2) is 0 Å². The van der Waals surface area contributed by atoms with E-state index in [0.717, 1.165) is 11.3 Å². The number of carbonyl (C=O) groups excluding carboxylic acids is 2. The van der Waals surface area contributed by atoms with Gasteiger partial charge < -0.3 is 14.8 Å². The second kappa shape index (κ2) is 9.55. The van der Waals surface area contributed by atoms with Crippen molar-refractivity contribution in [3.8, 4) is 11.5 Å². The van der Waals surface area contributed by atoms with E-state index in [9.17, 15) is 9.59 Å². The van der Waals surface area contributed by atoms with Crippen molar-refractivity contribution < 1.29 is 19.1 Å². The number of hydrogen-bond acceptors (Lipinski definition) is 4. The summed E-state index contributed by atoms with van der Waals surface area (Å²) in [5, 5.41) is 2.82. The number of nitrogens with one attached hydrogen (secondary N) is 1. The quantitative estimate of drug-likeness (QED) is 0.558. The molecule has 5 nitrogen and oxygen atoms in total. The molecule has 0 radical (unpaired) electrons. The van der Waals surface area contributed by atoms with E-state index in [4.69, 9.17) is 9.47 Å². The van der Waals surface area contributed by atoms with Gasteiger partial charge in [0.15, 0.2) is 11.9 Å². The Morgan fingerprint density at radius 1 is 0.862 bits per heavy atom. The Morgan fingerprint density at radius 3 is 2.10 bits per heavy atom. The van der Waals surface area contributed by atoms with Crippen molar-refractivity contribution in [3.05, 3.63) is 90.0 Å². The van der Waals surface area contributed by atoms with Crippen molar-refractivity contribution in [2.75, 3.05) is 5.32 Å². The molecule has 1 amide bonds. The molecule has 3 rings (SSSR count). The first-order chi connectivity index (χ1) is 14.0. The lowest BCUT2D eigenvalue weighted by atomic mass is 10.1. The molecule has 148 valence electrons. The fourth-order valence-corrected chi connectivity index (χ4v) is 2.65. The van der Waals surface area contributed by atoms with Crippen molar-refractivity contribution in [3.63, 3.8) is 0 Å². The topological polar surface area (TPSA) is 64.6 Å². The van der Waals surface area contributed by atoms with Crippen molar-refractivity contribution >= 4 is 17.4 Å². The molecule has 5 heteroatoms. The average molecular weight is 389 g/mol. The van der Waals surface area contributed by atoms with E-state index in [-0.39, 0.29) is 11.7 Å². The molecule has 0 heterocycles. The summed E-state index contributed by atoms with van der Waals surface area (Å²) in [5.74, 6) is 0.973. The predicted octanol–water partition coefficient (Wildman–Crippen LogP) is 4.87. The molecule has 29 heavy (non-hydrogen) atoms. The Labute approximate surface area is 170 Å². The molecule has 0 bridgehead atoms. The van der Waals surface area contributed by atoms with Crippen LogP contribution in [0.15, 0.2) is 78.9 Å². The van der Waals surface area contributed by atoms with Crippen LogP contribution in [-0.2, 0) is 11.4 Å². The van der Waals surface area contributed by atoms with E-state index in [0.29, 0.717) is 23.6 Å². The maximum atomic E-state index is 12.4. The molecule has 0 spiro atoms. The molecular weight excluding hydrogens is 366 g/mol. The summed E-state index contributed by atoms with van der Waals surface area (Å²) in [5.41, 5.74) is 2.35. The van der Waals surface area contributed by atoms with Gasteiger partial charge in [-0.05, 0) is 67.9 Å². The largest absolute Gasteiger partial charge is 0.489 e. The van der Waals surface area contributed by atoms with Crippen LogP contribution < -0.4 is 14.8 Å². The van der Waals surface area contributed by atoms with E-state index in [1.807, 2.05) is 42.5 Å². The molecular formula is C24H23NO4. The minimum atomic E-state index is -0.688. The van der Waals surface area contributed by atoms with Crippen LogP contribution >= 0.6 is 0 Å². The second-order valence-corrected chi connectivity index (χ2v) is 6.63. The molecule has 0 aromatic heterocycles. The third-order valence-electron chi connectivity index (χ3n) is 4.31. The highest BCUT2D eigenvalue weighted by atomic mass is 16.5. The highest BCUT2D eigenvalue weighted by Gasteiger charge is 2.15. The average Bonchev–Trinajstić information content (AvgIpc) is 2.74. The van der Waals surface area contributed by atoms with E-state index in [1.165, 1.54) is 6.92 Å². The van der Waals surface area contributed by atoms with Crippen LogP contribution in [-0.4, -0.2) is 17.8 Å². The molecule has 0 unspecified atom stereocenters.